The molecule has 0 saturated heterocycles. The summed E-state index contributed by atoms with van der Waals surface area (Å²) < 4.78 is 3.14. The van der Waals surface area contributed by atoms with Crippen LogP contribution in [0, 0.1) is 11.8 Å². The average molecular weight is 514 g/mol. The van der Waals surface area contributed by atoms with Crippen molar-refractivity contribution < 1.29 is 4.79 Å². The summed E-state index contributed by atoms with van der Waals surface area (Å²) in [4.78, 5) is 27.2. The highest BCUT2D eigenvalue weighted by atomic mass is 16.2. The van der Waals surface area contributed by atoms with Crippen molar-refractivity contribution in [2.75, 3.05) is 5.73 Å². The number of fused-ring (bicyclic) bond motifs is 2. The number of carbonyl (C=O) groups excluding carboxylic acids is 1. The zero-order valence-corrected chi connectivity index (χ0v) is 21.2. The number of aromatic nitrogens is 7. The van der Waals surface area contributed by atoms with Gasteiger partial charge in [-0.1, -0.05) is 42.2 Å². The van der Waals surface area contributed by atoms with Gasteiger partial charge < -0.3 is 11.1 Å². The molecule has 5 aromatic heterocycles. The van der Waals surface area contributed by atoms with Gasteiger partial charge in [0.1, 0.15) is 5.52 Å². The fraction of sp³-hybridized carbons (Fsp3) is 0.103. The summed E-state index contributed by atoms with van der Waals surface area (Å²) in [5.41, 5.74) is 12.1. The summed E-state index contributed by atoms with van der Waals surface area (Å²) in [7, 11) is 1.85. The van der Waals surface area contributed by atoms with Gasteiger partial charge >= 0.3 is 0 Å². The number of nitrogens with one attached hydrogen (secondary N) is 1. The fourth-order valence-corrected chi connectivity index (χ4v) is 4.43. The van der Waals surface area contributed by atoms with E-state index >= 15 is 0 Å². The van der Waals surface area contributed by atoms with Crippen LogP contribution >= 0.6 is 0 Å². The number of amides is 1. The number of carbonyl (C=O) groups is 1. The number of hydrogen-bond acceptors (Lipinski definition) is 7. The van der Waals surface area contributed by atoms with Crippen molar-refractivity contribution in [1.29, 1.82) is 0 Å². The maximum Gasteiger partial charge on any atom is 0.274 e. The SMILES string of the molecule is CC(NC(=O)c1c(N)nc2cccnn12)c1cc2nccc(C#Cc3cnn(C)c3)c2nc1-c1ccccc1. The van der Waals surface area contributed by atoms with Gasteiger partial charge in [-0.05, 0) is 31.2 Å². The molecule has 0 fully saturated rings. The van der Waals surface area contributed by atoms with Gasteiger partial charge in [0.2, 0.25) is 0 Å². The van der Waals surface area contributed by atoms with Crippen molar-refractivity contribution in [1.82, 2.24) is 39.7 Å². The molecule has 0 aliphatic carbocycles. The number of anilines is 1. The van der Waals surface area contributed by atoms with Crippen LogP contribution in [0.4, 0.5) is 5.82 Å². The number of nitrogens with two attached hydrogens (primary N) is 1. The molecule has 6 rings (SSSR count). The second-order valence-electron chi connectivity index (χ2n) is 9.01. The molecule has 1 atom stereocenters. The van der Waals surface area contributed by atoms with Gasteiger partial charge in [-0.3, -0.25) is 14.5 Å². The Morgan fingerprint density at radius 2 is 1.87 bits per heavy atom. The third-order valence-corrected chi connectivity index (χ3v) is 6.28. The summed E-state index contributed by atoms with van der Waals surface area (Å²) >= 11 is 0. The summed E-state index contributed by atoms with van der Waals surface area (Å²) in [6, 6.07) is 16.6. The minimum absolute atomic E-state index is 0.108. The largest absolute Gasteiger partial charge is 0.382 e. The molecule has 0 radical (unpaired) electrons. The molecule has 1 aromatic carbocycles. The predicted molar refractivity (Wildman–Crippen MR) is 147 cm³/mol. The van der Waals surface area contributed by atoms with Crippen LogP contribution in [-0.4, -0.2) is 40.3 Å². The standard InChI is InChI=1S/C29H23N9O/c1-18(34-29(39)27-28(30)35-24-9-6-13-32-38(24)27)22-15-23-26(36-25(22)20-7-4-3-5-8-20)21(12-14-31-23)11-10-19-16-33-37(2)17-19/h3-9,12-18H,30H2,1-2H3,(H,34,39). The molecule has 10 nitrogen and oxygen atoms in total. The average Bonchev–Trinajstić information content (AvgIpc) is 3.52. The van der Waals surface area contributed by atoms with Gasteiger partial charge in [0.25, 0.3) is 5.91 Å². The molecule has 0 saturated carbocycles. The Balaban J connectivity index is 1.43. The Kier molecular flexibility index (Phi) is 5.93. The Morgan fingerprint density at radius 3 is 2.67 bits per heavy atom. The quantitative estimate of drug-likeness (QED) is 0.345. The summed E-state index contributed by atoms with van der Waals surface area (Å²) in [5, 5.41) is 11.5. The summed E-state index contributed by atoms with van der Waals surface area (Å²) in [6.07, 6.45) is 6.86. The number of imidazole rings is 1. The molecule has 0 bridgehead atoms. The van der Waals surface area contributed by atoms with Crippen molar-refractivity contribution in [3.05, 3.63) is 102 Å². The monoisotopic (exact) mass is 513 g/mol. The molecule has 5 heterocycles. The second-order valence-corrected chi connectivity index (χ2v) is 9.01. The maximum absolute atomic E-state index is 13.4. The number of benzene rings is 1. The van der Waals surface area contributed by atoms with Crippen molar-refractivity contribution in [2.24, 2.45) is 7.05 Å². The highest BCUT2D eigenvalue weighted by Gasteiger charge is 2.23. The van der Waals surface area contributed by atoms with Crippen LogP contribution < -0.4 is 11.1 Å². The van der Waals surface area contributed by atoms with Gasteiger partial charge in [-0.15, -0.1) is 0 Å². The van der Waals surface area contributed by atoms with E-state index in [1.807, 2.05) is 62.6 Å². The molecular weight excluding hydrogens is 490 g/mol. The first-order valence-corrected chi connectivity index (χ1v) is 12.2. The van der Waals surface area contributed by atoms with Crippen LogP contribution in [-0.2, 0) is 7.05 Å². The molecule has 1 amide bonds. The minimum Gasteiger partial charge on any atom is -0.382 e. The number of nitrogen functional groups attached to an aromatic ring is 1. The minimum atomic E-state index is -0.440. The molecule has 10 heteroatoms. The number of hydrogen-bond donors (Lipinski definition) is 2. The van der Waals surface area contributed by atoms with Crippen LogP contribution in [0.3, 0.4) is 0 Å². The Hall–Kier alpha value is -5.56. The number of aryl methyl sites for hydroxylation is 1. The van der Waals surface area contributed by atoms with Crippen LogP contribution in [0.15, 0.2) is 79.4 Å². The van der Waals surface area contributed by atoms with Crippen molar-refractivity contribution in [3.63, 3.8) is 0 Å². The van der Waals surface area contributed by atoms with Crippen LogP contribution in [0.5, 0.6) is 0 Å². The topological polar surface area (TPSA) is 129 Å². The van der Waals surface area contributed by atoms with Crippen LogP contribution in [0.25, 0.3) is 27.9 Å². The van der Waals surface area contributed by atoms with E-state index < -0.39 is 11.9 Å². The normalized spacial score (nSPS) is 11.7. The van der Waals surface area contributed by atoms with Gasteiger partial charge in [-0.2, -0.15) is 10.2 Å². The van der Waals surface area contributed by atoms with Crippen molar-refractivity contribution in [3.8, 4) is 23.1 Å². The van der Waals surface area contributed by atoms with E-state index in [4.69, 9.17) is 10.7 Å². The fourth-order valence-electron chi connectivity index (χ4n) is 4.43. The first kappa shape index (κ1) is 23.8. The highest BCUT2D eigenvalue weighted by molar-refractivity contribution is 5.98. The van der Waals surface area contributed by atoms with Crippen molar-refractivity contribution in [2.45, 2.75) is 13.0 Å². The van der Waals surface area contributed by atoms with Crippen LogP contribution in [0.2, 0.25) is 0 Å². The van der Waals surface area contributed by atoms with E-state index in [9.17, 15) is 4.79 Å². The zero-order valence-electron chi connectivity index (χ0n) is 21.2. The van der Waals surface area contributed by atoms with E-state index in [2.05, 4.69) is 37.3 Å². The maximum atomic E-state index is 13.4. The predicted octanol–water partition coefficient (Wildman–Crippen LogP) is 3.55. The second kappa shape index (κ2) is 9.72. The summed E-state index contributed by atoms with van der Waals surface area (Å²) in [5.74, 6) is 6.07. The van der Waals surface area contributed by atoms with E-state index in [1.54, 1.807) is 35.4 Å². The molecule has 0 aliphatic heterocycles. The molecule has 39 heavy (non-hydrogen) atoms. The Labute approximate surface area is 223 Å². The lowest BCUT2D eigenvalue weighted by atomic mass is 9.99. The summed E-state index contributed by atoms with van der Waals surface area (Å²) in [6.45, 7) is 1.89. The third kappa shape index (κ3) is 4.53. The molecule has 6 aromatic rings. The number of nitrogens with zero attached hydrogens (tertiary/aromatic N) is 7. The lowest BCUT2D eigenvalue weighted by Gasteiger charge is -2.19. The molecule has 0 aliphatic rings. The first-order valence-electron chi connectivity index (χ1n) is 12.2. The number of rotatable bonds is 4. The molecule has 1 unspecified atom stereocenters. The number of pyridine rings is 2. The van der Waals surface area contributed by atoms with Gasteiger partial charge in [0.05, 0.1) is 34.6 Å². The van der Waals surface area contributed by atoms with E-state index in [0.717, 1.165) is 27.9 Å². The lowest BCUT2D eigenvalue weighted by molar-refractivity contribution is 0.0934. The Morgan fingerprint density at radius 1 is 1.03 bits per heavy atom. The molecular formula is C29H23N9O. The van der Waals surface area contributed by atoms with E-state index in [0.29, 0.717) is 16.7 Å². The van der Waals surface area contributed by atoms with E-state index in [-0.39, 0.29) is 11.5 Å². The van der Waals surface area contributed by atoms with Gasteiger partial charge in [-0.25, -0.2) is 14.5 Å². The smallest absolute Gasteiger partial charge is 0.274 e. The Bertz CT molecular complexity index is 1910. The zero-order chi connectivity index (χ0) is 26.9. The van der Waals surface area contributed by atoms with E-state index in [1.165, 1.54) is 4.52 Å². The van der Waals surface area contributed by atoms with Gasteiger partial charge in [0.15, 0.2) is 17.2 Å². The molecule has 0 spiro atoms. The lowest BCUT2D eigenvalue weighted by Crippen LogP contribution is -2.29. The third-order valence-electron chi connectivity index (χ3n) is 6.28. The first-order chi connectivity index (χ1) is 19.0. The molecule has 3 N–H and O–H groups in total. The highest BCUT2D eigenvalue weighted by Crippen LogP contribution is 2.30. The molecule has 190 valence electrons. The van der Waals surface area contributed by atoms with Crippen LogP contribution in [0.1, 0.15) is 40.1 Å². The van der Waals surface area contributed by atoms with Gasteiger partial charge in [0, 0.05) is 36.8 Å². The van der Waals surface area contributed by atoms with Crippen molar-refractivity contribution >= 4 is 28.4 Å².